The van der Waals surface area contributed by atoms with Crippen LogP contribution >= 0.6 is 0 Å². The minimum absolute atomic E-state index is 0.138. The molecule has 0 saturated heterocycles. The number of aromatic nitrogens is 1. The highest BCUT2D eigenvalue weighted by Gasteiger charge is 2.20. The number of nitrogens with zero attached hydrogens (tertiary/aromatic N) is 2. The van der Waals surface area contributed by atoms with E-state index < -0.39 is 10.8 Å². The number of hydrogen-bond donors (Lipinski definition) is 1. The second kappa shape index (κ2) is 6.58. The quantitative estimate of drug-likeness (QED) is 0.941. The van der Waals surface area contributed by atoms with Crippen molar-refractivity contribution in [3.8, 4) is 6.07 Å². The van der Waals surface area contributed by atoms with Crippen molar-refractivity contribution in [2.24, 2.45) is 0 Å². The highest BCUT2D eigenvalue weighted by Crippen LogP contribution is 2.21. The average Bonchev–Trinajstić information content (AvgIpc) is 3.01. The summed E-state index contributed by atoms with van der Waals surface area (Å²) >= 11 is 0. The van der Waals surface area contributed by atoms with Gasteiger partial charge in [0, 0.05) is 29.0 Å². The zero-order valence-electron chi connectivity index (χ0n) is 12.7. The minimum atomic E-state index is -1.01. The molecule has 1 amide bonds. The Labute approximate surface area is 132 Å². The summed E-state index contributed by atoms with van der Waals surface area (Å²) in [6.07, 6.45) is 1.63. The first-order valence-electron chi connectivity index (χ1n) is 6.73. The van der Waals surface area contributed by atoms with Gasteiger partial charge >= 0.3 is 0 Å². The molecular weight excluding hydrogens is 298 g/mol. The third kappa shape index (κ3) is 3.26. The molecular formula is C16H17N3O2S. The molecule has 2 rings (SSSR count). The first-order chi connectivity index (χ1) is 10.4. The van der Waals surface area contributed by atoms with E-state index in [-0.39, 0.29) is 11.9 Å². The molecule has 114 valence electrons. The van der Waals surface area contributed by atoms with Gasteiger partial charge < -0.3 is 9.88 Å². The van der Waals surface area contributed by atoms with Crippen molar-refractivity contribution >= 4 is 16.7 Å². The first kappa shape index (κ1) is 16.0. The molecule has 2 aromatic rings. The number of nitriles is 1. The number of carbonyl (C=O) groups is 1. The normalized spacial score (nSPS) is 13.2. The van der Waals surface area contributed by atoms with Gasteiger partial charge in [-0.05, 0) is 36.8 Å². The van der Waals surface area contributed by atoms with Gasteiger partial charge in [0.2, 0.25) is 0 Å². The predicted molar refractivity (Wildman–Crippen MR) is 84.8 cm³/mol. The summed E-state index contributed by atoms with van der Waals surface area (Å²) in [5.74, 6) is -0.183. The topological polar surface area (TPSA) is 77.0 Å². The van der Waals surface area contributed by atoms with Gasteiger partial charge in [-0.25, -0.2) is 0 Å². The smallest absolute Gasteiger partial charge is 0.270 e. The number of amides is 1. The van der Waals surface area contributed by atoms with Crippen LogP contribution in [0, 0.1) is 11.3 Å². The standard InChI is InChI=1S/C16H17N3O2S/c1-11(12-4-7-14(8-5-12)22(3)21)19(2)16(20)15-9-6-13(10-17)18-15/h4-9,11,18H,1-3H3/t11-,22-/m1/s1. The van der Waals surface area contributed by atoms with Gasteiger partial charge in [0.05, 0.1) is 6.04 Å². The molecule has 0 aliphatic rings. The lowest BCUT2D eigenvalue weighted by molar-refractivity contribution is 0.0737. The van der Waals surface area contributed by atoms with Gasteiger partial charge in [0.25, 0.3) is 5.91 Å². The molecule has 0 aliphatic heterocycles. The molecule has 1 N–H and O–H groups in total. The molecule has 5 nitrogen and oxygen atoms in total. The maximum atomic E-state index is 12.4. The van der Waals surface area contributed by atoms with Crippen LogP contribution in [0.5, 0.6) is 0 Å². The van der Waals surface area contributed by atoms with Crippen molar-refractivity contribution in [3.05, 3.63) is 53.3 Å². The van der Waals surface area contributed by atoms with Gasteiger partial charge in [-0.15, -0.1) is 0 Å². The molecule has 1 aromatic heterocycles. The molecule has 2 atom stereocenters. The maximum Gasteiger partial charge on any atom is 0.270 e. The number of rotatable bonds is 4. The Morgan fingerprint density at radius 2 is 1.91 bits per heavy atom. The highest BCUT2D eigenvalue weighted by atomic mass is 32.2. The second-order valence-corrected chi connectivity index (χ2v) is 6.39. The molecule has 22 heavy (non-hydrogen) atoms. The Kier molecular flexibility index (Phi) is 4.78. The van der Waals surface area contributed by atoms with Crippen LogP contribution in [0.3, 0.4) is 0 Å². The third-order valence-electron chi connectivity index (χ3n) is 3.63. The fraction of sp³-hybridized carbons (Fsp3) is 0.250. The van der Waals surface area contributed by atoms with Crippen LogP contribution in [0.4, 0.5) is 0 Å². The van der Waals surface area contributed by atoms with E-state index >= 15 is 0 Å². The van der Waals surface area contributed by atoms with Crippen molar-refractivity contribution in [2.75, 3.05) is 13.3 Å². The van der Waals surface area contributed by atoms with E-state index in [1.807, 2.05) is 37.3 Å². The van der Waals surface area contributed by atoms with Crippen LogP contribution in [0.2, 0.25) is 0 Å². The molecule has 0 fully saturated rings. The Bertz CT molecular complexity index is 743. The molecule has 0 spiro atoms. The summed E-state index contributed by atoms with van der Waals surface area (Å²) < 4.78 is 11.4. The van der Waals surface area contributed by atoms with Crippen molar-refractivity contribution in [1.82, 2.24) is 9.88 Å². The van der Waals surface area contributed by atoms with Crippen LogP contribution < -0.4 is 0 Å². The van der Waals surface area contributed by atoms with Crippen molar-refractivity contribution in [3.63, 3.8) is 0 Å². The lowest BCUT2D eigenvalue weighted by Gasteiger charge is -2.25. The zero-order valence-corrected chi connectivity index (χ0v) is 13.5. The van der Waals surface area contributed by atoms with Crippen molar-refractivity contribution in [2.45, 2.75) is 17.9 Å². The molecule has 1 aromatic carbocycles. The molecule has 0 radical (unpaired) electrons. The summed E-state index contributed by atoms with van der Waals surface area (Å²) in [6, 6.07) is 12.4. The van der Waals surface area contributed by atoms with Crippen LogP contribution in [-0.2, 0) is 10.8 Å². The number of benzene rings is 1. The lowest BCUT2D eigenvalue weighted by Crippen LogP contribution is -2.29. The van der Waals surface area contributed by atoms with E-state index in [9.17, 15) is 9.00 Å². The fourth-order valence-electron chi connectivity index (χ4n) is 2.11. The van der Waals surface area contributed by atoms with E-state index in [0.717, 1.165) is 10.5 Å². The van der Waals surface area contributed by atoms with E-state index in [4.69, 9.17) is 5.26 Å². The molecule has 6 heteroatoms. The summed E-state index contributed by atoms with van der Waals surface area (Å²) in [5, 5.41) is 8.80. The number of nitrogens with one attached hydrogen (secondary N) is 1. The van der Waals surface area contributed by atoms with Gasteiger partial charge in [-0.1, -0.05) is 12.1 Å². The van der Waals surface area contributed by atoms with Crippen LogP contribution in [0.25, 0.3) is 0 Å². The van der Waals surface area contributed by atoms with E-state index in [0.29, 0.717) is 11.4 Å². The Balaban J connectivity index is 2.17. The predicted octanol–water partition coefficient (Wildman–Crippen LogP) is 2.46. The molecule has 0 bridgehead atoms. The van der Waals surface area contributed by atoms with E-state index in [1.54, 1.807) is 30.3 Å². The zero-order chi connectivity index (χ0) is 16.3. The maximum absolute atomic E-state index is 12.4. The highest BCUT2D eigenvalue weighted by molar-refractivity contribution is 7.84. The number of H-pyrrole nitrogens is 1. The molecule has 0 unspecified atom stereocenters. The first-order valence-corrected chi connectivity index (χ1v) is 8.29. The summed E-state index contributed by atoms with van der Waals surface area (Å²) in [5.41, 5.74) is 1.70. The van der Waals surface area contributed by atoms with Crippen LogP contribution in [0.15, 0.2) is 41.3 Å². The third-order valence-corrected chi connectivity index (χ3v) is 4.57. The van der Waals surface area contributed by atoms with Gasteiger partial charge in [-0.2, -0.15) is 5.26 Å². The SMILES string of the molecule is C[C@H](c1ccc([S@@](C)=O)cc1)N(C)C(=O)c1ccc(C#N)[nH]1. The van der Waals surface area contributed by atoms with Gasteiger partial charge in [-0.3, -0.25) is 9.00 Å². The fourth-order valence-corrected chi connectivity index (χ4v) is 2.63. The van der Waals surface area contributed by atoms with Crippen molar-refractivity contribution in [1.29, 1.82) is 5.26 Å². The largest absolute Gasteiger partial charge is 0.342 e. The minimum Gasteiger partial charge on any atom is -0.342 e. The Morgan fingerprint density at radius 3 is 2.41 bits per heavy atom. The molecule has 0 saturated carbocycles. The summed E-state index contributed by atoms with van der Waals surface area (Å²) in [6.45, 7) is 1.92. The van der Waals surface area contributed by atoms with E-state index in [2.05, 4.69) is 4.98 Å². The number of carbonyl (C=O) groups excluding carboxylic acids is 1. The Hall–Kier alpha value is -2.39. The Morgan fingerprint density at radius 1 is 1.27 bits per heavy atom. The second-order valence-electron chi connectivity index (χ2n) is 5.01. The monoisotopic (exact) mass is 315 g/mol. The summed E-state index contributed by atoms with van der Waals surface area (Å²) in [4.78, 5) is 17.5. The van der Waals surface area contributed by atoms with Gasteiger partial charge in [0.1, 0.15) is 17.5 Å². The summed E-state index contributed by atoms with van der Waals surface area (Å²) in [7, 11) is 0.700. The lowest BCUT2D eigenvalue weighted by atomic mass is 10.1. The molecule has 1 heterocycles. The van der Waals surface area contributed by atoms with Crippen LogP contribution in [0.1, 0.15) is 34.7 Å². The van der Waals surface area contributed by atoms with Gasteiger partial charge in [0.15, 0.2) is 0 Å². The number of hydrogen-bond acceptors (Lipinski definition) is 3. The number of aromatic amines is 1. The van der Waals surface area contributed by atoms with Crippen molar-refractivity contribution < 1.29 is 9.00 Å². The average molecular weight is 315 g/mol. The van der Waals surface area contributed by atoms with E-state index in [1.165, 1.54) is 0 Å². The van der Waals surface area contributed by atoms with Crippen LogP contribution in [-0.4, -0.2) is 33.3 Å². The molecule has 0 aliphatic carbocycles.